The summed E-state index contributed by atoms with van der Waals surface area (Å²) in [7, 11) is 0. The van der Waals surface area contributed by atoms with Gasteiger partial charge in [0.1, 0.15) is 11.2 Å². The first-order valence-electron chi connectivity index (χ1n) is 4.87. The smallest absolute Gasteiger partial charge is 0.200 e. The molecule has 0 saturated heterocycles. The first kappa shape index (κ1) is 9.43. The molecule has 3 heteroatoms. The molecule has 3 aromatic rings. The number of fused-ring (bicyclic) bond motifs is 2. The van der Waals surface area contributed by atoms with Gasteiger partial charge < -0.3 is 4.42 Å². The number of rotatable bonds is 0. The monoisotopic (exact) mass is 230 g/mol. The number of hydrogen-bond donors (Lipinski definition) is 0. The summed E-state index contributed by atoms with van der Waals surface area (Å²) >= 11 is 5.86. The van der Waals surface area contributed by atoms with Crippen molar-refractivity contribution in [3.8, 4) is 0 Å². The third-order valence-electron chi connectivity index (χ3n) is 2.54. The summed E-state index contributed by atoms with van der Waals surface area (Å²) in [5.41, 5.74) is 1.09. The fourth-order valence-electron chi connectivity index (χ4n) is 1.77. The Balaban J connectivity index is 2.61. The Labute approximate surface area is 96.1 Å². The average molecular weight is 231 g/mol. The molecule has 0 spiro atoms. The van der Waals surface area contributed by atoms with Crippen molar-refractivity contribution in [3.05, 3.63) is 57.7 Å². The lowest BCUT2D eigenvalue weighted by atomic mass is 10.1. The fourth-order valence-corrected chi connectivity index (χ4v) is 1.94. The summed E-state index contributed by atoms with van der Waals surface area (Å²) in [6.45, 7) is 0. The first-order valence-corrected chi connectivity index (χ1v) is 5.24. The van der Waals surface area contributed by atoms with Crippen molar-refractivity contribution >= 4 is 33.5 Å². The molecule has 0 radical (unpaired) electrons. The van der Waals surface area contributed by atoms with Crippen molar-refractivity contribution < 1.29 is 4.42 Å². The Morgan fingerprint density at radius 2 is 1.69 bits per heavy atom. The van der Waals surface area contributed by atoms with E-state index in [-0.39, 0.29) is 5.43 Å². The van der Waals surface area contributed by atoms with Crippen LogP contribution < -0.4 is 5.43 Å². The zero-order chi connectivity index (χ0) is 11.1. The fraction of sp³-hybridized carbons (Fsp3) is 0. The van der Waals surface area contributed by atoms with Gasteiger partial charge in [-0.15, -0.1) is 0 Å². The minimum Gasteiger partial charge on any atom is -0.456 e. The second-order valence-electron chi connectivity index (χ2n) is 3.57. The highest BCUT2D eigenvalue weighted by Crippen LogP contribution is 2.21. The molecule has 2 aromatic carbocycles. The highest BCUT2D eigenvalue weighted by molar-refractivity contribution is 6.31. The van der Waals surface area contributed by atoms with Crippen LogP contribution in [0.15, 0.2) is 51.7 Å². The van der Waals surface area contributed by atoms with E-state index >= 15 is 0 Å². The van der Waals surface area contributed by atoms with Crippen LogP contribution in [0, 0.1) is 0 Å². The van der Waals surface area contributed by atoms with Gasteiger partial charge in [0.05, 0.1) is 10.8 Å². The van der Waals surface area contributed by atoms with Gasteiger partial charge in [0, 0.05) is 11.1 Å². The van der Waals surface area contributed by atoms with Crippen LogP contribution >= 0.6 is 11.6 Å². The molecule has 0 bridgehead atoms. The van der Waals surface area contributed by atoms with Crippen LogP contribution in [0.1, 0.15) is 0 Å². The molecule has 0 saturated carbocycles. The Morgan fingerprint density at radius 1 is 0.938 bits per heavy atom. The van der Waals surface area contributed by atoms with Crippen LogP contribution in [0.5, 0.6) is 0 Å². The highest BCUT2D eigenvalue weighted by atomic mass is 35.5. The highest BCUT2D eigenvalue weighted by Gasteiger charge is 2.06. The Bertz CT molecular complexity index is 744. The maximum atomic E-state index is 12.1. The number of benzene rings is 2. The van der Waals surface area contributed by atoms with E-state index in [1.54, 1.807) is 30.3 Å². The molecule has 0 aliphatic rings. The van der Waals surface area contributed by atoms with Crippen LogP contribution in [0.3, 0.4) is 0 Å². The van der Waals surface area contributed by atoms with Gasteiger partial charge in [-0.25, -0.2) is 0 Å². The molecular weight excluding hydrogens is 224 g/mol. The zero-order valence-electron chi connectivity index (χ0n) is 8.24. The van der Waals surface area contributed by atoms with Gasteiger partial charge in [-0.1, -0.05) is 23.7 Å². The third-order valence-corrected chi connectivity index (χ3v) is 2.77. The Hall–Kier alpha value is -1.80. The van der Waals surface area contributed by atoms with Gasteiger partial charge >= 0.3 is 0 Å². The molecule has 2 nitrogen and oxygen atoms in total. The topological polar surface area (TPSA) is 30.2 Å². The Kier molecular flexibility index (Phi) is 1.98. The van der Waals surface area contributed by atoms with Crippen LogP contribution in [-0.2, 0) is 0 Å². The van der Waals surface area contributed by atoms with Crippen molar-refractivity contribution in [3.63, 3.8) is 0 Å². The molecule has 0 unspecified atom stereocenters. The van der Waals surface area contributed by atoms with E-state index in [9.17, 15) is 4.79 Å². The van der Waals surface area contributed by atoms with Crippen molar-refractivity contribution in [2.75, 3.05) is 0 Å². The van der Waals surface area contributed by atoms with Gasteiger partial charge in [-0.05, 0) is 24.3 Å². The van der Waals surface area contributed by atoms with Crippen molar-refractivity contribution in [1.29, 1.82) is 0 Å². The van der Waals surface area contributed by atoms with E-state index in [4.69, 9.17) is 16.0 Å². The van der Waals surface area contributed by atoms with Gasteiger partial charge in [0.2, 0.25) is 5.43 Å². The third kappa shape index (κ3) is 1.31. The molecule has 3 rings (SSSR count). The molecule has 78 valence electrons. The second kappa shape index (κ2) is 3.35. The lowest BCUT2D eigenvalue weighted by Crippen LogP contribution is -2.01. The van der Waals surface area contributed by atoms with Crippen molar-refractivity contribution in [2.24, 2.45) is 0 Å². The summed E-state index contributed by atoms with van der Waals surface area (Å²) in [5.74, 6) is 0. The summed E-state index contributed by atoms with van der Waals surface area (Å²) in [5, 5.41) is 1.71. The number of halogens is 1. The standard InChI is InChI=1S/C13H7ClO2/c14-8-5-6-10-12(7-8)16-11-4-2-1-3-9(11)13(10)15/h1-7H. The van der Waals surface area contributed by atoms with E-state index < -0.39 is 0 Å². The van der Waals surface area contributed by atoms with Crippen molar-refractivity contribution in [2.45, 2.75) is 0 Å². The van der Waals surface area contributed by atoms with Crippen LogP contribution in [0.25, 0.3) is 21.9 Å². The van der Waals surface area contributed by atoms with E-state index in [0.29, 0.717) is 27.0 Å². The summed E-state index contributed by atoms with van der Waals surface area (Å²) < 4.78 is 5.62. The molecule has 16 heavy (non-hydrogen) atoms. The van der Waals surface area contributed by atoms with E-state index in [1.165, 1.54) is 0 Å². The van der Waals surface area contributed by atoms with E-state index in [0.717, 1.165) is 0 Å². The van der Waals surface area contributed by atoms with Crippen LogP contribution in [0.2, 0.25) is 5.02 Å². The molecular formula is C13H7ClO2. The normalized spacial score (nSPS) is 11.1. The quantitative estimate of drug-likeness (QED) is 0.553. The minimum atomic E-state index is -0.0199. The molecule has 0 N–H and O–H groups in total. The molecule has 0 aliphatic carbocycles. The van der Waals surface area contributed by atoms with Crippen LogP contribution in [0.4, 0.5) is 0 Å². The van der Waals surface area contributed by atoms with E-state index in [1.807, 2.05) is 12.1 Å². The van der Waals surface area contributed by atoms with Crippen LogP contribution in [-0.4, -0.2) is 0 Å². The lowest BCUT2D eigenvalue weighted by Gasteiger charge is -2.00. The summed E-state index contributed by atoms with van der Waals surface area (Å²) in [6, 6.07) is 12.2. The molecule has 0 atom stereocenters. The molecule has 0 fully saturated rings. The predicted octanol–water partition coefficient (Wildman–Crippen LogP) is 3.60. The maximum Gasteiger partial charge on any atom is 0.200 e. The SMILES string of the molecule is O=c1c2ccccc2oc2cc(Cl)ccc12. The first-order chi connectivity index (χ1) is 7.75. The van der Waals surface area contributed by atoms with Gasteiger partial charge in [0.15, 0.2) is 0 Å². The lowest BCUT2D eigenvalue weighted by molar-refractivity contribution is 0.660. The Morgan fingerprint density at radius 3 is 2.56 bits per heavy atom. The molecule has 0 amide bonds. The largest absolute Gasteiger partial charge is 0.456 e. The zero-order valence-corrected chi connectivity index (χ0v) is 8.99. The van der Waals surface area contributed by atoms with Gasteiger partial charge in [0.25, 0.3) is 0 Å². The number of para-hydroxylation sites is 1. The molecule has 1 aromatic heterocycles. The molecule has 1 heterocycles. The predicted molar refractivity (Wildman–Crippen MR) is 65.0 cm³/mol. The van der Waals surface area contributed by atoms with E-state index in [2.05, 4.69) is 0 Å². The van der Waals surface area contributed by atoms with Gasteiger partial charge in [-0.2, -0.15) is 0 Å². The average Bonchev–Trinajstić information content (AvgIpc) is 2.29. The van der Waals surface area contributed by atoms with Gasteiger partial charge in [-0.3, -0.25) is 4.79 Å². The number of hydrogen-bond acceptors (Lipinski definition) is 2. The molecule has 0 aliphatic heterocycles. The summed E-state index contributed by atoms with van der Waals surface area (Å²) in [6.07, 6.45) is 0. The maximum absolute atomic E-state index is 12.1. The summed E-state index contributed by atoms with van der Waals surface area (Å²) in [4.78, 5) is 12.1. The minimum absolute atomic E-state index is 0.0199. The second-order valence-corrected chi connectivity index (χ2v) is 4.00. The van der Waals surface area contributed by atoms with Crippen molar-refractivity contribution in [1.82, 2.24) is 0 Å².